The van der Waals surface area contributed by atoms with Crippen molar-refractivity contribution in [3.63, 3.8) is 0 Å². The largest absolute Gasteiger partial charge is 1.00 e. The summed E-state index contributed by atoms with van der Waals surface area (Å²) in [5.41, 5.74) is 0.867. The first kappa shape index (κ1) is 11.2. The smallest absolute Gasteiger partial charge is 0.611 e. The van der Waals surface area contributed by atoms with Crippen molar-refractivity contribution < 1.29 is 34.4 Å². The number of hydrogen-bond donors (Lipinski definition) is 0. The molecule has 0 spiro atoms. The van der Waals surface area contributed by atoms with E-state index in [4.69, 9.17) is 0 Å². The molecule has 0 fully saturated rings. The predicted molar refractivity (Wildman–Crippen MR) is 45.0 cm³/mol. The molecule has 2 aromatic rings. The Labute approximate surface area is 102 Å². The second-order valence-corrected chi connectivity index (χ2v) is 2.76. The number of hydrogen-bond acceptors (Lipinski definition) is 3. The van der Waals surface area contributed by atoms with Crippen molar-refractivity contribution in [1.29, 1.82) is 0 Å². The van der Waals surface area contributed by atoms with Crippen LogP contribution in [0.2, 0.25) is 0 Å². The molecule has 2 rings (SSSR count). The van der Waals surface area contributed by atoms with E-state index in [2.05, 4.69) is 10.1 Å². The molecule has 0 saturated carbocycles. The first-order chi connectivity index (χ1) is 6.16. The molecule has 0 unspecified atom stereocenters. The van der Waals surface area contributed by atoms with Gasteiger partial charge < -0.3 is 10.2 Å². The molecule has 66 valence electrons. The summed E-state index contributed by atoms with van der Waals surface area (Å²) in [5.74, 6) is 0. The minimum Gasteiger partial charge on any atom is -0.611 e. The molecule has 1 heterocycles. The summed E-state index contributed by atoms with van der Waals surface area (Å²) in [6.45, 7) is 1.85. The Bertz CT molecular complexity index is 523. The summed E-state index contributed by atoms with van der Waals surface area (Å²) in [7, 11) is 0. The third kappa shape index (κ3) is 1.95. The Balaban J connectivity index is 0.000000980. The van der Waals surface area contributed by atoms with Gasteiger partial charge in [-0.25, -0.2) is 0 Å². The van der Waals surface area contributed by atoms with Crippen LogP contribution in [0, 0.1) is 12.1 Å². The standard InChI is InChI=1S/C8H7N3O2.Na/c1-5-2-3-6-7(4-5)11(13)10-8(12)9-6;/h2-4H,1H3,(H,9,10,12);/q;+1/p-1. The molecular weight excluding hydrogens is 193 g/mol. The Morgan fingerprint density at radius 1 is 1.50 bits per heavy atom. The van der Waals surface area contributed by atoms with Crippen molar-refractivity contribution in [3.05, 3.63) is 39.5 Å². The number of fused-ring (bicyclic) bond motifs is 1. The Hall–Kier alpha value is -0.910. The second kappa shape index (κ2) is 4.08. The van der Waals surface area contributed by atoms with Gasteiger partial charge in [0.1, 0.15) is 0 Å². The zero-order chi connectivity index (χ0) is 9.42. The fourth-order valence-electron chi connectivity index (χ4n) is 1.14. The molecule has 0 radical (unpaired) electrons. The minimum atomic E-state index is -0.758. The fraction of sp³-hybridized carbons (Fsp3) is 0.125. The SMILES string of the molecule is Cc1ccc2[n-]c(=O)n[n+]([O-])c2c1.[Na+]. The normalized spacial score (nSPS) is 9.79. The number of rotatable bonds is 0. The molecule has 1 aromatic heterocycles. The molecular formula is C8H6N3NaO2. The van der Waals surface area contributed by atoms with Gasteiger partial charge in [0.25, 0.3) is 0 Å². The van der Waals surface area contributed by atoms with Gasteiger partial charge in [0.2, 0.25) is 11.2 Å². The van der Waals surface area contributed by atoms with E-state index in [9.17, 15) is 10.0 Å². The minimum absolute atomic E-state index is 0. The Kier molecular flexibility index (Phi) is 3.25. The first-order valence-corrected chi connectivity index (χ1v) is 3.72. The quantitative estimate of drug-likeness (QED) is 0.251. The maximum Gasteiger partial charge on any atom is 1.00 e. The van der Waals surface area contributed by atoms with Gasteiger partial charge in [-0.15, -0.1) is 9.94 Å². The molecule has 6 heteroatoms. The van der Waals surface area contributed by atoms with Crippen molar-refractivity contribution in [2.24, 2.45) is 0 Å². The van der Waals surface area contributed by atoms with E-state index >= 15 is 0 Å². The zero-order valence-electron chi connectivity index (χ0n) is 7.89. The van der Waals surface area contributed by atoms with Gasteiger partial charge in [-0.2, -0.15) is 0 Å². The van der Waals surface area contributed by atoms with E-state index in [-0.39, 0.29) is 29.6 Å². The molecule has 0 saturated heterocycles. The van der Waals surface area contributed by atoms with E-state index in [1.165, 1.54) is 0 Å². The number of aromatic nitrogens is 3. The van der Waals surface area contributed by atoms with E-state index in [0.29, 0.717) is 15.9 Å². The van der Waals surface area contributed by atoms with Crippen LogP contribution in [-0.4, -0.2) is 5.10 Å². The molecule has 5 nitrogen and oxygen atoms in total. The van der Waals surface area contributed by atoms with Crippen LogP contribution in [0.3, 0.4) is 0 Å². The summed E-state index contributed by atoms with van der Waals surface area (Å²) in [4.78, 5) is 14.6. The molecule has 14 heavy (non-hydrogen) atoms. The van der Waals surface area contributed by atoms with Crippen molar-refractivity contribution in [1.82, 2.24) is 10.1 Å². The van der Waals surface area contributed by atoms with Crippen LogP contribution >= 0.6 is 0 Å². The van der Waals surface area contributed by atoms with Crippen LogP contribution < -0.4 is 45.1 Å². The molecule has 0 N–H and O–H groups in total. The third-order valence-electron chi connectivity index (χ3n) is 1.73. The van der Waals surface area contributed by atoms with Crippen LogP contribution in [0.15, 0.2) is 23.0 Å². The van der Waals surface area contributed by atoms with Gasteiger partial charge >= 0.3 is 29.6 Å². The summed E-state index contributed by atoms with van der Waals surface area (Å²) >= 11 is 0. The van der Waals surface area contributed by atoms with Crippen molar-refractivity contribution in [3.8, 4) is 0 Å². The molecule has 0 aliphatic rings. The van der Waals surface area contributed by atoms with Crippen molar-refractivity contribution in [2.45, 2.75) is 6.92 Å². The summed E-state index contributed by atoms with van der Waals surface area (Å²) in [6.07, 6.45) is 0. The fourth-order valence-corrected chi connectivity index (χ4v) is 1.14. The van der Waals surface area contributed by atoms with Crippen LogP contribution in [-0.2, 0) is 0 Å². The van der Waals surface area contributed by atoms with Gasteiger partial charge in [0, 0.05) is 11.6 Å². The molecule has 0 aliphatic heterocycles. The van der Waals surface area contributed by atoms with Crippen LogP contribution in [0.25, 0.3) is 11.0 Å². The molecule has 0 atom stereocenters. The summed E-state index contributed by atoms with van der Waals surface area (Å²) in [6, 6.07) is 5.05. The average molecular weight is 199 g/mol. The van der Waals surface area contributed by atoms with Gasteiger partial charge in [0.05, 0.1) is 0 Å². The molecule has 0 aliphatic carbocycles. The van der Waals surface area contributed by atoms with Crippen LogP contribution in [0.5, 0.6) is 0 Å². The van der Waals surface area contributed by atoms with Gasteiger partial charge in [-0.05, 0) is 12.5 Å². The zero-order valence-corrected chi connectivity index (χ0v) is 9.89. The van der Waals surface area contributed by atoms with Gasteiger partial charge in [0.15, 0.2) is 0 Å². The number of aryl methyl sites for hydroxylation is 1. The van der Waals surface area contributed by atoms with Gasteiger partial charge in [-0.3, -0.25) is 4.79 Å². The Morgan fingerprint density at radius 3 is 2.93 bits per heavy atom. The summed E-state index contributed by atoms with van der Waals surface area (Å²) in [5, 5.41) is 14.3. The first-order valence-electron chi connectivity index (χ1n) is 3.72. The maximum atomic E-state index is 11.1. The van der Waals surface area contributed by atoms with E-state index in [0.717, 1.165) is 5.56 Å². The number of nitrogens with zero attached hydrogens (tertiary/aromatic N) is 3. The monoisotopic (exact) mass is 199 g/mol. The van der Waals surface area contributed by atoms with E-state index < -0.39 is 5.69 Å². The van der Waals surface area contributed by atoms with Crippen molar-refractivity contribution >= 4 is 11.0 Å². The topological polar surface area (TPSA) is 71.0 Å². The summed E-state index contributed by atoms with van der Waals surface area (Å²) < 4.78 is 0. The van der Waals surface area contributed by atoms with Crippen LogP contribution in [0.1, 0.15) is 5.56 Å². The number of benzene rings is 1. The van der Waals surface area contributed by atoms with E-state index in [1.807, 2.05) is 6.92 Å². The molecule has 1 aromatic carbocycles. The second-order valence-electron chi connectivity index (χ2n) is 2.76. The molecule has 0 amide bonds. The van der Waals surface area contributed by atoms with Crippen LogP contribution in [0.4, 0.5) is 0 Å². The average Bonchev–Trinajstić information content (AvgIpc) is 2.06. The third-order valence-corrected chi connectivity index (χ3v) is 1.73. The Morgan fingerprint density at radius 2 is 2.21 bits per heavy atom. The predicted octanol–water partition coefficient (Wildman–Crippen LogP) is -3.50. The van der Waals surface area contributed by atoms with Gasteiger partial charge in [-0.1, -0.05) is 12.1 Å². The van der Waals surface area contributed by atoms with E-state index in [1.54, 1.807) is 18.2 Å². The van der Waals surface area contributed by atoms with Crippen molar-refractivity contribution in [2.75, 3.05) is 0 Å². The molecule has 0 bridgehead atoms. The maximum absolute atomic E-state index is 11.1.